The van der Waals surface area contributed by atoms with E-state index in [1.807, 2.05) is 6.92 Å². The van der Waals surface area contributed by atoms with Gasteiger partial charge in [-0.15, -0.1) is 0 Å². The van der Waals surface area contributed by atoms with Crippen LogP contribution in [0.15, 0.2) is 11.6 Å². The number of allylic oxidation sites excluding steroid dienone is 2. The van der Waals surface area contributed by atoms with Gasteiger partial charge < -0.3 is 15.3 Å². The van der Waals surface area contributed by atoms with Gasteiger partial charge in [-0.25, -0.2) is 0 Å². The molecule has 0 aliphatic heterocycles. The largest absolute Gasteiger partial charge is 0.481 e. The van der Waals surface area contributed by atoms with Crippen LogP contribution in [0.25, 0.3) is 0 Å². The van der Waals surface area contributed by atoms with E-state index in [0.29, 0.717) is 24.2 Å². The van der Waals surface area contributed by atoms with Crippen molar-refractivity contribution in [1.82, 2.24) is 0 Å². The van der Waals surface area contributed by atoms with Gasteiger partial charge >= 0.3 is 5.97 Å². The number of aliphatic hydroxyl groups is 2. The van der Waals surface area contributed by atoms with E-state index >= 15 is 0 Å². The highest BCUT2D eigenvalue weighted by atomic mass is 16.4. The van der Waals surface area contributed by atoms with Crippen molar-refractivity contribution in [3.8, 4) is 0 Å². The molecule has 0 heterocycles. The van der Waals surface area contributed by atoms with E-state index in [4.69, 9.17) is 0 Å². The molecule has 0 aromatic heterocycles. The van der Waals surface area contributed by atoms with Gasteiger partial charge in [-0.3, -0.25) is 4.79 Å². The minimum absolute atomic E-state index is 0.0283. The zero-order valence-electron chi connectivity index (χ0n) is 22.4. The van der Waals surface area contributed by atoms with Crippen LogP contribution in [-0.2, 0) is 4.79 Å². The van der Waals surface area contributed by atoms with Crippen LogP contribution < -0.4 is 0 Å². The molecule has 0 unspecified atom stereocenters. The van der Waals surface area contributed by atoms with E-state index < -0.39 is 17.5 Å². The highest BCUT2D eigenvalue weighted by Gasteiger charge is 2.65. The maximum atomic E-state index is 12.5. The van der Waals surface area contributed by atoms with Crippen LogP contribution in [0.2, 0.25) is 0 Å². The predicted octanol–water partition coefficient (Wildman–Crippen LogP) is 6.20. The average Bonchev–Trinajstić information content (AvgIpc) is 2.91. The van der Waals surface area contributed by atoms with Crippen LogP contribution in [-0.4, -0.2) is 33.5 Å². The van der Waals surface area contributed by atoms with Crippen molar-refractivity contribution in [2.24, 2.45) is 50.7 Å². The Morgan fingerprint density at radius 3 is 2.12 bits per heavy atom. The normalized spacial score (nSPS) is 54.4. The summed E-state index contributed by atoms with van der Waals surface area (Å²) in [6, 6.07) is 0. The number of hydrogen-bond acceptors (Lipinski definition) is 3. The van der Waals surface area contributed by atoms with E-state index in [-0.39, 0.29) is 33.7 Å². The van der Waals surface area contributed by atoms with E-state index in [2.05, 4.69) is 40.7 Å². The molecular formula is C30H48O4. The minimum Gasteiger partial charge on any atom is -0.481 e. The van der Waals surface area contributed by atoms with E-state index in [1.165, 1.54) is 6.42 Å². The van der Waals surface area contributed by atoms with Gasteiger partial charge in [0.1, 0.15) is 0 Å². The molecule has 5 aliphatic rings. The van der Waals surface area contributed by atoms with Gasteiger partial charge in [0.05, 0.1) is 17.6 Å². The summed E-state index contributed by atoms with van der Waals surface area (Å²) in [5.41, 5.74) is 0.936. The summed E-state index contributed by atoms with van der Waals surface area (Å²) in [5, 5.41) is 32.0. The molecule has 4 fully saturated rings. The molecule has 0 spiro atoms. The highest BCUT2D eigenvalue weighted by Crippen LogP contribution is 2.70. The highest BCUT2D eigenvalue weighted by molar-refractivity contribution is 5.76. The Morgan fingerprint density at radius 1 is 0.794 bits per heavy atom. The van der Waals surface area contributed by atoms with Crippen LogP contribution in [0.4, 0.5) is 0 Å². The maximum Gasteiger partial charge on any atom is 0.312 e. The number of hydrogen-bond donors (Lipinski definition) is 3. The lowest BCUT2D eigenvalue weighted by Gasteiger charge is -2.63. The minimum atomic E-state index is -1.05. The van der Waals surface area contributed by atoms with Crippen molar-refractivity contribution >= 4 is 5.97 Å². The Hall–Kier alpha value is -0.870. The molecule has 10 atom stereocenters. The molecule has 0 aromatic carbocycles. The lowest BCUT2D eigenvalue weighted by molar-refractivity contribution is -0.199. The summed E-state index contributed by atoms with van der Waals surface area (Å²) in [5.74, 6) is 0.778. The van der Waals surface area contributed by atoms with Gasteiger partial charge in [-0.05, 0) is 116 Å². The molecule has 4 heteroatoms. The Kier molecular flexibility index (Phi) is 5.52. The van der Waals surface area contributed by atoms with Gasteiger partial charge in [0.15, 0.2) is 0 Å². The van der Waals surface area contributed by atoms with Crippen molar-refractivity contribution in [1.29, 1.82) is 0 Å². The summed E-state index contributed by atoms with van der Waals surface area (Å²) < 4.78 is 0. The second-order valence-electron chi connectivity index (χ2n) is 14.7. The van der Waals surface area contributed by atoms with Crippen molar-refractivity contribution in [2.45, 2.75) is 118 Å². The topological polar surface area (TPSA) is 77.8 Å². The van der Waals surface area contributed by atoms with Crippen LogP contribution in [0, 0.1) is 50.7 Å². The van der Waals surface area contributed by atoms with Crippen molar-refractivity contribution in [3.63, 3.8) is 0 Å². The summed E-state index contributed by atoms with van der Waals surface area (Å²) in [6.45, 7) is 13.8. The molecule has 3 N–H and O–H groups in total. The summed E-state index contributed by atoms with van der Waals surface area (Å²) in [6.07, 6.45) is 11.7. The van der Waals surface area contributed by atoms with Gasteiger partial charge in [-0.2, -0.15) is 0 Å². The Morgan fingerprint density at radius 2 is 1.44 bits per heavy atom. The van der Waals surface area contributed by atoms with Gasteiger partial charge in [0, 0.05) is 0 Å². The molecule has 0 aromatic rings. The zero-order valence-corrected chi connectivity index (χ0v) is 22.4. The number of carboxylic acids is 1. The smallest absolute Gasteiger partial charge is 0.312 e. The fraction of sp³-hybridized carbons (Fsp3) is 0.900. The molecule has 34 heavy (non-hydrogen) atoms. The summed E-state index contributed by atoms with van der Waals surface area (Å²) in [7, 11) is 0. The number of aliphatic carboxylic acids is 1. The van der Waals surface area contributed by atoms with Crippen LogP contribution in [0.5, 0.6) is 0 Å². The second-order valence-corrected chi connectivity index (χ2v) is 14.7. The predicted molar refractivity (Wildman–Crippen MR) is 134 cm³/mol. The summed E-state index contributed by atoms with van der Waals surface area (Å²) >= 11 is 0. The third-order valence-electron chi connectivity index (χ3n) is 13.0. The second kappa shape index (κ2) is 7.57. The van der Waals surface area contributed by atoms with Crippen molar-refractivity contribution in [3.05, 3.63) is 11.6 Å². The first-order valence-electron chi connectivity index (χ1n) is 14.0. The number of fused-ring (bicyclic) bond motifs is 6. The monoisotopic (exact) mass is 472 g/mol. The standard InChI is InChI=1S/C30H48O4/c1-26(2)20-9-7-18-17-27(3)14-11-22-29(5,16-13-24(32)30(22,6)25(33)34)21(27)10-8-19(18)28(20,4)15-12-23(26)31/h7,19-24,31-32H,8-17H2,1-6H3,(H,33,34)/t19-,20-,21-,22-,23+,24+,27-,28+,29+,30+/m0/s1. The number of carbonyl (C=O) groups is 1. The fourth-order valence-electron chi connectivity index (χ4n) is 10.9. The maximum absolute atomic E-state index is 12.5. The molecule has 0 amide bonds. The van der Waals surface area contributed by atoms with Crippen LogP contribution in [0.3, 0.4) is 0 Å². The molecule has 4 nitrogen and oxygen atoms in total. The molecule has 0 bridgehead atoms. The first-order valence-corrected chi connectivity index (χ1v) is 14.0. The quantitative estimate of drug-likeness (QED) is 0.397. The Balaban J connectivity index is 1.51. The molecule has 0 radical (unpaired) electrons. The number of aliphatic hydroxyl groups excluding tert-OH is 2. The van der Waals surface area contributed by atoms with Gasteiger partial charge in [0.25, 0.3) is 0 Å². The number of carboxylic acid groups (broad SMARTS) is 1. The Labute approximate surface area is 206 Å². The van der Waals surface area contributed by atoms with E-state index in [1.54, 1.807) is 5.57 Å². The molecule has 5 rings (SSSR count). The summed E-state index contributed by atoms with van der Waals surface area (Å²) in [4.78, 5) is 12.5. The van der Waals surface area contributed by atoms with Gasteiger partial charge in [0.2, 0.25) is 0 Å². The zero-order chi connectivity index (χ0) is 24.9. The molecule has 4 saturated carbocycles. The Bertz CT molecular complexity index is 892. The third kappa shape index (κ3) is 3.06. The molecule has 0 saturated heterocycles. The van der Waals surface area contributed by atoms with Crippen molar-refractivity contribution < 1.29 is 20.1 Å². The molecular weight excluding hydrogens is 424 g/mol. The van der Waals surface area contributed by atoms with Crippen molar-refractivity contribution in [2.75, 3.05) is 0 Å². The lowest BCUT2D eigenvalue weighted by atomic mass is 9.41. The molecule has 192 valence electrons. The van der Waals surface area contributed by atoms with E-state index in [0.717, 1.165) is 51.4 Å². The first-order chi connectivity index (χ1) is 15.7. The van der Waals surface area contributed by atoms with Crippen LogP contribution in [0.1, 0.15) is 106 Å². The average molecular weight is 473 g/mol. The van der Waals surface area contributed by atoms with E-state index in [9.17, 15) is 20.1 Å². The fourth-order valence-corrected chi connectivity index (χ4v) is 10.9. The SMILES string of the molecule is CC1(C)[C@H](O)CC[C@]2(C)[C@H]3CC[C@H]4[C@@](C)(CC[C@H]5[C@]4(C)CC[C@@H](O)[C@]5(C)C(=O)O)CC3=CC[C@@H]12. The van der Waals surface area contributed by atoms with Crippen LogP contribution >= 0.6 is 0 Å². The molecule has 5 aliphatic carbocycles. The lowest BCUT2D eigenvalue weighted by Crippen LogP contribution is -2.61. The first kappa shape index (κ1) is 24.8. The number of rotatable bonds is 1. The third-order valence-corrected chi connectivity index (χ3v) is 13.0. The van der Waals surface area contributed by atoms with Gasteiger partial charge in [-0.1, -0.05) is 46.3 Å².